The first kappa shape index (κ1) is 22.4. The van der Waals surface area contributed by atoms with E-state index < -0.39 is 0 Å². The monoisotopic (exact) mass is 444 g/mol. The van der Waals surface area contributed by atoms with Crippen LogP contribution in [-0.2, 0) is 11.3 Å². The van der Waals surface area contributed by atoms with Gasteiger partial charge in [-0.1, -0.05) is 54.6 Å². The molecule has 0 aliphatic carbocycles. The van der Waals surface area contributed by atoms with Gasteiger partial charge in [0.25, 0.3) is 5.91 Å². The topological polar surface area (TPSA) is 84.9 Å². The molecule has 1 aliphatic heterocycles. The van der Waals surface area contributed by atoms with Gasteiger partial charge in [0.1, 0.15) is 5.75 Å². The van der Waals surface area contributed by atoms with Gasteiger partial charge in [0, 0.05) is 32.7 Å². The standard InChI is InChI=1S/C26H28N4O3/c31-24-13-7-6-12-23(24)30-16-14-29(15-17-30)19-25(32)28-22-11-5-4-10-21(22)26(33)27-18-20-8-2-1-3-9-20/h1-13,31H,14-19H2,(H,27,33)(H,28,32). The lowest BCUT2D eigenvalue weighted by Gasteiger charge is -2.35. The number of phenolic OH excluding ortho intramolecular Hbond substituents is 1. The minimum atomic E-state index is -0.231. The van der Waals surface area contributed by atoms with Crippen LogP contribution in [0.4, 0.5) is 11.4 Å². The van der Waals surface area contributed by atoms with Crippen LogP contribution in [0.5, 0.6) is 5.75 Å². The molecule has 3 N–H and O–H groups in total. The van der Waals surface area contributed by atoms with Crippen molar-refractivity contribution in [1.82, 2.24) is 10.2 Å². The predicted molar refractivity (Wildman–Crippen MR) is 129 cm³/mol. The van der Waals surface area contributed by atoms with Gasteiger partial charge in [-0.05, 0) is 29.8 Å². The van der Waals surface area contributed by atoms with Crippen LogP contribution in [-0.4, -0.2) is 54.5 Å². The van der Waals surface area contributed by atoms with Crippen LogP contribution in [0.3, 0.4) is 0 Å². The molecule has 3 aromatic rings. The second kappa shape index (κ2) is 10.7. The molecule has 1 fully saturated rings. The molecule has 0 aromatic heterocycles. The molecule has 7 nitrogen and oxygen atoms in total. The molecular formula is C26H28N4O3. The van der Waals surface area contributed by atoms with Gasteiger partial charge in [0.2, 0.25) is 5.91 Å². The van der Waals surface area contributed by atoms with Gasteiger partial charge in [0.15, 0.2) is 0 Å². The van der Waals surface area contributed by atoms with Crippen LogP contribution in [0.2, 0.25) is 0 Å². The SMILES string of the molecule is O=C(CN1CCN(c2ccccc2O)CC1)Nc1ccccc1C(=O)NCc1ccccc1. The number of piperazine rings is 1. The summed E-state index contributed by atoms with van der Waals surface area (Å²) in [6.45, 7) is 3.53. The molecular weight excluding hydrogens is 416 g/mol. The lowest BCUT2D eigenvalue weighted by molar-refractivity contribution is -0.117. The van der Waals surface area contributed by atoms with E-state index in [-0.39, 0.29) is 24.1 Å². The molecule has 0 unspecified atom stereocenters. The van der Waals surface area contributed by atoms with E-state index in [0.717, 1.165) is 24.3 Å². The molecule has 0 radical (unpaired) electrons. The van der Waals surface area contributed by atoms with Gasteiger partial charge in [-0.15, -0.1) is 0 Å². The minimum Gasteiger partial charge on any atom is -0.506 e. The Bertz CT molecular complexity index is 1100. The Hall–Kier alpha value is -3.84. The molecule has 0 atom stereocenters. The first-order chi connectivity index (χ1) is 16.1. The highest BCUT2D eigenvalue weighted by molar-refractivity contribution is 6.04. The average molecular weight is 445 g/mol. The van der Waals surface area contributed by atoms with E-state index in [9.17, 15) is 14.7 Å². The first-order valence-electron chi connectivity index (χ1n) is 11.1. The average Bonchev–Trinajstić information content (AvgIpc) is 2.84. The Kier molecular flexibility index (Phi) is 7.22. The van der Waals surface area contributed by atoms with Crippen molar-refractivity contribution in [2.24, 2.45) is 0 Å². The third kappa shape index (κ3) is 5.90. The molecule has 1 heterocycles. The van der Waals surface area contributed by atoms with Crippen LogP contribution in [0.25, 0.3) is 0 Å². The summed E-state index contributed by atoms with van der Waals surface area (Å²) in [5.74, 6) is -0.119. The summed E-state index contributed by atoms with van der Waals surface area (Å²) in [5, 5.41) is 15.9. The summed E-state index contributed by atoms with van der Waals surface area (Å²) in [6, 6.07) is 24.0. The molecule has 0 spiro atoms. The van der Waals surface area contributed by atoms with Crippen LogP contribution < -0.4 is 15.5 Å². The van der Waals surface area contributed by atoms with Crippen LogP contribution in [0, 0.1) is 0 Å². The fourth-order valence-corrected chi connectivity index (χ4v) is 3.93. The fourth-order valence-electron chi connectivity index (χ4n) is 3.93. The number of carbonyl (C=O) groups excluding carboxylic acids is 2. The summed E-state index contributed by atoms with van der Waals surface area (Å²) in [7, 11) is 0. The zero-order valence-corrected chi connectivity index (χ0v) is 18.4. The van der Waals surface area contributed by atoms with Crippen molar-refractivity contribution in [3.63, 3.8) is 0 Å². The maximum Gasteiger partial charge on any atom is 0.253 e. The number of rotatable bonds is 7. The Labute approximate surface area is 193 Å². The third-order valence-electron chi connectivity index (χ3n) is 5.70. The minimum absolute atomic E-state index is 0.158. The second-order valence-electron chi connectivity index (χ2n) is 8.01. The molecule has 3 aromatic carbocycles. The number of para-hydroxylation sites is 3. The fraction of sp³-hybridized carbons (Fsp3) is 0.231. The molecule has 4 rings (SSSR count). The number of amides is 2. The number of carbonyl (C=O) groups is 2. The smallest absolute Gasteiger partial charge is 0.253 e. The maximum absolute atomic E-state index is 12.7. The Morgan fingerprint density at radius 1 is 0.818 bits per heavy atom. The van der Waals surface area contributed by atoms with E-state index in [1.165, 1.54) is 0 Å². The van der Waals surface area contributed by atoms with E-state index in [2.05, 4.69) is 20.4 Å². The van der Waals surface area contributed by atoms with Crippen molar-refractivity contribution >= 4 is 23.2 Å². The number of hydrogen-bond donors (Lipinski definition) is 3. The van der Waals surface area contributed by atoms with Gasteiger partial charge < -0.3 is 20.6 Å². The predicted octanol–water partition coefficient (Wildman–Crippen LogP) is 3.08. The van der Waals surface area contributed by atoms with E-state index in [1.807, 2.05) is 42.5 Å². The van der Waals surface area contributed by atoms with Gasteiger partial charge >= 0.3 is 0 Å². The maximum atomic E-state index is 12.7. The van der Waals surface area contributed by atoms with Crippen LogP contribution >= 0.6 is 0 Å². The highest BCUT2D eigenvalue weighted by Crippen LogP contribution is 2.27. The zero-order chi connectivity index (χ0) is 23.0. The van der Waals surface area contributed by atoms with E-state index in [1.54, 1.807) is 36.4 Å². The van der Waals surface area contributed by atoms with Gasteiger partial charge in [-0.25, -0.2) is 0 Å². The van der Waals surface area contributed by atoms with E-state index in [0.29, 0.717) is 30.9 Å². The van der Waals surface area contributed by atoms with Crippen molar-refractivity contribution in [2.45, 2.75) is 6.54 Å². The van der Waals surface area contributed by atoms with Crippen LogP contribution in [0.1, 0.15) is 15.9 Å². The molecule has 2 amide bonds. The number of nitrogens with zero attached hydrogens (tertiary/aromatic N) is 2. The number of anilines is 2. The normalized spacial score (nSPS) is 14.0. The third-order valence-corrected chi connectivity index (χ3v) is 5.70. The summed E-state index contributed by atoms with van der Waals surface area (Å²) in [5.41, 5.74) is 2.76. The molecule has 7 heteroatoms. The summed E-state index contributed by atoms with van der Waals surface area (Å²) in [6.07, 6.45) is 0. The van der Waals surface area contributed by atoms with Crippen LogP contribution in [0.15, 0.2) is 78.9 Å². The quantitative estimate of drug-likeness (QED) is 0.522. The first-order valence-corrected chi connectivity index (χ1v) is 11.1. The van der Waals surface area contributed by atoms with Crippen molar-refractivity contribution in [2.75, 3.05) is 42.9 Å². The Morgan fingerprint density at radius 2 is 1.48 bits per heavy atom. The molecule has 170 valence electrons. The molecule has 1 saturated heterocycles. The largest absolute Gasteiger partial charge is 0.506 e. The highest BCUT2D eigenvalue weighted by Gasteiger charge is 2.21. The van der Waals surface area contributed by atoms with Gasteiger partial charge in [0.05, 0.1) is 23.5 Å². The molecule has 0 bridgehead atoms. The van der Waals surface area contributed by atoms with Crippen molar-refractivity contribution in [1.29, 1.82) is 0 Å². The number of hydrogen-bond acceptors (Lipinski definition) is 5. The number of aromatic hydroxyl groups is 1. The van der Waals surface area contributed by atoms with Gasteiger partial charge in [-0.3, -0.25) is 14.5 Å². The summed E-state index contributed by atoms with van der Waals surface area (Å²) < 4.78 is 0. The number of benzene rings is 3. The van der Waals surface area contributed by atoms with Crippen molar-refractivity contribution in [3.8, 4) is 5.75 Å². The number of phenols is 1. The highest BCUT2D eigenvalue weighted by atomic mass is 16.3. The Balaban J connectivity index is 1.30. The van der Waals surface area contributed by atoms with Gasteiger partial charge in [-0.2, -0.15) is 0 Å². The van der Waals surface area contributed by atoms with E-state index >= 15 is 0 Å². The second-order valence-corrected chi connectivity index (χ2v) is 8.01. The molecule has 33 heavy (non-hydrogen) atoms. The molecule has 0 saturated carbocycles. The van der Waals surface area contributed by atoms with Crippen molar-refractivity contribution < 1.29 is 14.7 Å². The lowest BCUT2D eigenvalue weighted by Crippen LogP contribution is -2.48. The Morgan fingerprint density at radius 3 is 2.24 bits per heavy atom. The molecule has 1 aliphatic rings. The van der Waals surface area contributed by atoms with E-state index in [4.69, 9.17) is 0 Å². The van der Waals surface area contributed by atoms with Crippen molar-refractivity contribution in [3.05, 3.63) is 90.0 Å². The zero-order valence-electron chi connectivity index (χ0n) is 18.4. The summed E-state index contributed by atoms with van der Waals surface area (Å²) >= 11 is 0. The summed E-state index contributed by atoms with van der Waals surface area (Å²) in [4.78, 5) is 29.6. The lowest BCUT2D eigenvalue weighted by atomic mass is 10.1. The number of nitrogens with one attached hydrogen (secondary N) is 2.